The van der Waals surface area contributed by atoms with Gasteiger partial charge in [-0.25, -0.2) is 25.2 Å². The van der Waals surface area contributed by atoms with Crippen LogP contribution in [-0.2, 0) is 120 Å². The molecule has 0 aromatic rings. The van der Waals surface area contributed by atoms with E-state index in [1.54, 1.807) is 0 Å². The van der Waals surface area contributed by atoms with Crippen molar-refractivity contribution in [2.24, 2.45) is 0 Å². The third-order valence-electron chi connectivity index (χ3n) is 1.15. The third kappa shape index (κ3) is 1080. The Morgan fingerprint density at radius 1 is 0.300 bits per heavy atom. The van der Waals surface area contributed by atoms with Crippen LogP contribution >= 0.6 is 47.4 Å². The summed E-state index contributed by atoms with van der Waals surface area (Å²) < 4.78 is 111. The molecule has 60 heavy (non-hydrogen) atoms. The van der Waals surface area contributed by atoms with Crippen molar-refractivity contribution in [1.29, 1.82) is 0 Å². The quantitative estimate of drug-likeness (QED) is 0.158. The van der Waals surface area contributed by atoms with E-state index in [0.717, 1.165) is 65.8 Å². The zero-order valence-electron chi connectivity index (χ0n) is 31.7. The molecule has 0 radical (unpaired) electrons. The Bertz CT molecular complexity index is 1070. The summed E-state index contributed by atoms with van der Waals surface area (Å²) in [4.78, 5) is 101. The van der Waals surface area contributed by atoms with Crippen LogP contribution in [-0.4, -0.2) is 0 Å². The van der Waals surface area contributed by atoms with Gasteiger partial charge in [-0.3, -0.25) is 0 Å². The first-order chi connectivity index (χ1) is 25.6. The predicted molar refractivity (Wildman–Crippen MR) is 170 cm³/mol. The molecule has 18 nitrogen and oxygen atoms in total. The largest absolute Gasteiger partial charge is 0.786 e. The molecule has 0 fully saturated rings. The summed E-state index contributed by atoms with van der Waals surface area (Å²) in [6.45, 7) is 33.1. The Balaban J connectivity index is -0.0000000419. The van der Waals surface area contributed by atoms with Crippen LogP contribution in [0.1, 0.15) is 41.5 Å². The van der Waals surface area contributed by atoms with Gasteiger partial charge in [0.25, 0.3) is 0 Å². The topological polar surface area (TPSA) is 379 Å². The second-order valence-electron chi connectivity index (χ2n) is 9.00. The minimum absolute atomic E-state index is 0.736. The Morgan fingerprint density at radius 3 is 0.317 bits per heavy atom. The summed E-state index contributed by atoms with van der Waals surface area (Å²) in [5, 5.41) is 4.42. The maximum absolute atomic E-state index is 10.1. The fourth-order valence-corrected chi connectivity index (χ4v) is 0. The number of allylic oxidation sites excluding steroid dienone is 6. The Kier molecular flexibility index (Phi) is 87.6. The Morgan fingerprint density at radius 2 is 0.317 bits per heavy atom. The van der Waals surface area contributed by atoms with Crippen LogP contribution in [0.2, 0.25) is 32.3 Å². The molecule has 0 amide bonds. The van der Waals surface area contributed by atoms with Gasteiger partial charge in [-0.15, -0.1) is 0 Å². The molecule has 0 atom stereocenters. The predicted octanol–water partition coefficient (Wildman–Crippen LogP) is 1.87. The van der Waals surface area contributed by atoms with E-state index in [-0.39, 0.29) is 0 Å². The minimum Gasteiger partial charge on any atom is -0.786 e. The van der Waals surface area contributed by atoms with Crippen LogP contribution in [0.25, 0.3) is 0 Å². The van der Waals surface area contributed by atoms with Gasteiger partial charge in [0.05, 0.1) is 0 Å². The van der Waals surface area contributed by atoms with E-state index < -0.39 is 47.4 Å². The monoisotopic (exact) mass is 1270 g/mol. The van der Waals surface area contributed by atoms with Crippen LogP contribution in [0.4, 0.5) is 25.2 Å². The Hall–Kier alpha value is 1.88. The normalized spacial score (nSPS) is 9.70. The maximum atomic E-state index is 10.1. The molecule has 0 rings (SSSR count). The molecule has 0 aliphatic heterocycles. The SMILES string of the molecule is C=C(C)[CH2][Ni+2].C=C(C)[CH2][Ni+2].C=C(C)[CH2][Ni+2].C=C(C)[CH2][Ni+2].C=C(C)[CH2][Ni+2].C=C(C)[CH2][Ni+2].O=P([O-])([O-])F.O=P([O-])([O-])F.O=P([O-])([O-])F.O=P([O-])([O-])F.O=P([O-])([O-])F.O=P([O-])([O-])F. The number of halogens is 6. The van der Waals surface area contributed by atoms with Gasteiger partial charge in [0.15, 0.2) is 0 Å². The average molecular weight is 1270 g/mol. The maximum Gasteiger partial charge on any atom is 0.110 e. The first kappa shape index (κ1) is 92.2. The first-order valence-corrected chi connectivity index (χ1v) is 25.7. The van der Waals surface area contributed by atoms with Crippen molar-refractivity contribution in [3.05, 3.63) is 72.9 Å². The molecule has 0 aliphatic carbocycles. The average Bonchev–Trinajstić information content (AvgIpc) is 2.93. The van der Waals surface area contributed by atoms with Crippen LogP contribution in [0.3, 0.4) is 0 Å². The van der Waals surface area contributed by atoms with Crippen molar-refractivity contribution in [2.45, 2.75) is 73.9 Å². The van der Waals surface area contributed by atoms with Gasteiger partial charge in [0, 0.05) is 0 Å². The minimum atomic E-state index is -5.64. The molecule has 0 aromatic carbocycles. The van der Waals surface area contributed by atoms with Crippen LogP contribution in [0.5, 0.6) is 0 Å². The fourth-order valence-electron chi connectivity index (χ4n) is 0. The van der Waals surface area contributed by atoms with E-state index in [1.165, 1.54) is 0 Å². The third-order valence-corrected chi connectivity index (χ3v) is 4.72. The second-order valence-corrected chi connectivity index (χ2v) is 16.3. The summed E-state index contributed by atoms with van der Waals surface area (Å²) in [6, 6.07) is 0. The molecule has 0 heterocycles. The van der Waals surface area contributed by atoms with Crippen molar-refractivity contribution in [3.8, 4) is 0 Å². The molecule has 0 unspecified atom stereocenters. The summed E-state index contributed by atoms with van der Waals surface area (Å²) in [7, 11) is -33.8. The molecule has 0 N–H and O–H groups in total. The van der Waals surface area contributed by atoms with Gasteiger partial charge in [-0.2, -0.15) is 0 Å². The Labute approximate surface area is 395 Å². The van der Waals surface area contributed by atoms with Crippen molar-refractivity contribution < 1.29 is 204 Å². The number of rotatable bonds is 6. The molecular weight excluding hydrogens is 1230 g/mol. The van der Waals surface area contributed by atoms with Crippen molar-refractivity contribution in [2.75, 3.05) is 0 Å². The molecule has 0 saturated carbocycles. The summed E-state index contributed by atoms with van der Waals surface area (Å²) in [5.74, 6) is 0. The van der Waals surface area contributed by atoms with E-state index in [2.05, 4.69) is 132 Å². The smallest absolute Gasteiger partial charge is 0.110 e. The van der Waals surface area contributed by atoms with Gasteiger partial charge in [-0.05, 0) is 0 Å². The summed E-state index contributed by atoms with van der Waals surface area (Å²) >= 11 is 26.0. The molecule has 0 spiro atoms. The first-order valence-electron chi connectivity index (χ1n) is 12.9. The number of hydrogen-bond acceptors (Lipinski definition) is 18. The molecule has 0 saturated heterocycles. The van der Waals surface area contributed by atoms with Gasteiger partial charge in [-0.1, -0.05) is 0 Å². The zero-order chi connectivity index (χ0) is 52.7. The summed E-state index contributed by atoms with van der Waals surface area (Å²) in [6.07, 6.45) is 0. The fraction of sp³-hybridized carbons (Fsp3) is 0.500. The van der Waals surface area contributed by atoms with Gasteiger partial charge < -0.3 is 86.1 Å². The van der Waals surface area contributed by atoms with Crippen LogP contribution < -0.4 is 58.7 Å². The second kappa shape index (κ2) is 57.0. The van der Waals surface area contributed by atoms with Crippen molar-refractivity contribution >= 4 is 47.4 Å². The molecular formula is C24H42F6Ni6O18P6. The molecule has 378 valence electrons. The van der Waals surface area contributed by atoms with Gasteiger partial charge >= 0.3 is 240 Å². The van der Waals surface area contributed by atoms with E-state index >= 15 is 0 Å². The standard InChI is InChI=1S/6C4H7.6FH2O3P.6Ni/c6*1-4(2)3;6*1-5(2,3)4;;;;;;/h6*1-2H2,3H3;6*(H2,2,3,4);;;;;;/q;;;;;;;;;;;;6*+2/p-12. The summed E-state index contributed by atoms with van der Waals surface area (Å²) in [5.41, 5.74) is 6.53. The van der Waals surface area contributed by atoms with Gasteiger partial charge in [0.2, 0.25) is 0 Å². The van der Waals surface area contributed by atoms with E-state index in [9.17, 15) is 25.2 Å². The van der Waals surface area contributed by atoms with Gasteiger partial charge in [0.1, 0.15) is 47.4 Å². The van der Waals surface area contributed by atoms with E-state index in [0.29, 0.717) is 0 Å². The molecule has 36 heteroatoms. The zero-order valence-corrected chi connectivity index (χ0v) is 43.0. The van der Waals surface area contributed by atoms with Crippen LogP contribution in [0, 0.1) is 0 Å². The molecule has 0 aromatic heterocycles. The van der Waals surface area contributed by atoms with Crippen molar-refractivity contribution in [3.63, 3.8) is 0 Å². The molecule has 0 bridgehead atoms. The van der Waals surface area contributed by atoms with E-state index in [1.807, 2.05) is 41.5 Å². The molecule has 0 aliphatic rings. The van der Waals surface area contributed by atoms with E-state index in [4.69, 9.17) is 86.1 Å². The number of hydrogen-bond donors (Lipinski definition) is 0. The van der Waals surface area contributed by atoms with Crippen molar-refractivity contribution in [1.82, 2.24) is 0 Å². The van der Waals surface area contributed by atoms with Crippen LogP contribution in [0.15, 0.2) is 72.9 Å².